The van der Waals surface area contributed by atoms with Crippen LogP contribution in [0.1, 0.15) is 69.0 Å². The lowest BCUT2D eigenvalue weighted by molar-refractivity contribution is 0.497. The molecule has 0 radical (unpaired) electrons. The Bertz CT molecular complexity index is 342. The highest BCUT2D eigenvalue weighted by Gasteiger charge is 2.09. The Hall–Kier alpha value is -0.340. The van der Waals surface area contributed by atoms with Crippen molar-refractivity contribution in [3.8, 4) is 0 Å². The van der Waals surface area contributed by atoms with Crippen molar-refractivity contribution in [2.75, 3.05) is 7.05 Å². The van der Waals surface area contributed by atoms with Crippen molar-refractivity contribution in [1.29, 1.82) is 0 Å². The standard InChI is InChI=1S/C17H28BrN/c1-4-5-6-7-8-9-10-17(19-3)15-11-14(2)12-16(18)13-15/h11-13,17,19H,4-10H2,1-3H3. The highest BCUT2D eigenvalue weighted by Crippen LogP contribution is 2.24. The van der Waals surface area contributed by atoms with Gasteiger partial charge in [-0.15, -0.1) is 0 Å². The number of halogens is 1. The van der Waals surface area contributed by atoms with Gasteiger partial charge in [0.05, 0.1) is 0 Å². The predicted octanol–water partition coefficient (Wildman–Crippen LogP) is 5.77. The molecular formula is C17H28BrN. The summed E-state index contributed by atoms with van der Waals surface area (Å²) in [5, 5.41) is 3.45. The summed E-state index contributed by atoms with van der Waals surface area (Å²) < 4.78 is 1.19. The van der Waals surface area contributed by atoms with Crippen LogP contribution in [-0.4, -0.2) is 7.05 Å². The minimum atomic E-state index is 0.488. The second-order valence-electron chi connectivity index (χ2n) is 5.46. The Balaban J connectivity index is 2.40. The molecular weight excluding hydrogens is 298 g/mol. The third kappa shape index (κ3) is 6.58. The Labute approximate surface area is 127 Å². The Morgan fingerprint density at radius 2 is 1.74 bits per heavy atom. The quantitative estimate of drug-likeness (QED) is 0.568. The Kier molecular flexibility index (Phi) is 8.40. The van der Waals surface area contributed by atoms with E-state index < -0.39 is 0 Å². The van der Waals surface area contributed by atoms with Gasteiger partial charge >= 0.3 is 0 Å². The normalized spacial score (nSPS) is 12.6. The van der Waals surface area contributed by atoms with Gasteiger partial charge in [-0.3, -0.25) is 0 Å². The zero-order valence-electron chi connectivity index (χ0n) is 12.6. The number of hydrogen-bond donors (Lipinski definition) is 1. The molecule has 1 rings (SSSR count). The van der Waals surface area contributed by atoms with E-state index in [2.05, 4.69) is 60.3 Å². The van der Waals surface area contributed by atoms with Crippen LogP contribution in [-0.2, 0) is 0 Å². The molecule has 0 spiro atoms. The fraction of sp³-hybridized carbons (Fsp3) is 0.647. The van der Waals surface area contributed by atoms with E-state index in [0.29, 0.717) is 6.04 Å². The molecule has 2 heteroatoms. The van der Waals surface area contributed by atoms with Crippen LogP contribution in [0.4, 0.5) is 0 Å². The van der Waals surface area contributed by atoms with Crippen molar-refractivity contribution in [3.05, 3.63) is 33.8 Å². The first-order chi connectivity index (χ1) is 9.17. The first kappa shape index (κ1) is 16.7. The summed E-state index contributed by atoms with van der Waals surface area (Å²) in [6, 6.07) is 7.19. The maximum Gasteiger partial charge on any atom is 0.0318 e. The number of benzene rings is 1. The second-order valence-corrected chi connectivity index (χ2v) is 6.38. The van der Waals surface area contributed by atoms with Gasteiger partial charge in [-0.1, -0.05) is 67.4 Å². The van der Waals surface area contributed by atoms with Gasteiger partial charge < -0.3 is 5.32 Å². The van der Waals surface area contributed by atoms with Gasteiger partial charge in [-0.2, -0.15) is 0 Å². The van der Waals surface area contributed by atoms with Gasteiger partial charge in [0, 0.05) is 10.5 Å². The largest absolute Gasteiger partial charge is 0.313 e. The average molecular weight is 326 g/mol. The molecule has 0 aliphatic rings. The molecule has 0 aliphatic heterocycles. The SMILES string of the molecule is CCCCCCCCC(NC)c1cc(C)cc(Br)c1. The molecule has 0 bridgehead atoms. The van der Waals surface area contributed by atoms with Crippen LogP contribution in [0.15, 0.2) is 22.7 Å². The van der Waals surface area contributed by atoms with E-state index in [0.717, 1.165) is 0 Å². The molecule has 0 saturated carbocycles. The summed E-state index contributed by atoms with van der Waals surface area (Å²) in [7, 11) is 2.07. The average Bonchev–Trinajstić information content (AvgIpc) is 2.37. The molecule has 1 N–H and O–H groups in total. The third-order valence-electron chi connectivity index (χ3n) is 3.66. The van der Waals surface area contributed by atoms with Crippen molar-refractivity contribution >= 4 is 15.9 Å². The highest BCUT2D eigenvalue weighted by atomic mass is 79.9. The van der Waals surface area contributed by atoms with E-state index >= 15 is 0 Å². The molecule has 0 aliphatic carbocycles. The van der Waals surface area contributed by atoms with E-state index in [4.69, 9.17) is 0 Å². The minimum Gasteiger partial charge on any atom is -0.313 e. The van der Waals surface area contributed by atoms with E-state index in [1.54, 1.807) is 0 Å². The number of unbranched alkanes of at least 4 members (excludes halogenated alkanes) is 5. The second kappa shape index (κ2) is 9.55. The lowest BCUT2D eigenvalue weighted by Crippen LogP contribution is -2.16. The Morgan fingerprint density at radius 3 is 2.37 bits per heavy atom. The first-order valence-electron chi connectivity index (χ1n) is 7.61. The smallest absolute Gasteiger partial charge is 0.0318 e. The summed E-state index contributed by atoms with van der Waals surface area (Å²) in [6.07, 6.45) is 9.43. The van der Waals surface area contributed by atoms with Crippen molar-refractivity contribution in [2.24, 2.45) is 0 Å². The molecule has 1 unspecified atom stereocenters. The maximum atomic E-state index is 3.59. The first-order valence-corrected chi connectivity index (χ1v) is 8.41. The molecule has 0 amide bonds. The fourth-order valence-corrected chi connectivity index (χ4v) is 3.20. The zero-order valence-corrected chi connectivity index (χ0v) is 14.2. The fourth-order valence-electron chi connectivity index (χ4n) is 2.57. The van der Waals surface area contributed by atoms with Crippen molar-refractivity contribution in [2.45, 2.75) is 64.8 Å². The number of hydrogen-bond acceptors (Lipinski definition) is 1. The van der Waals surface area contributed by atoms with Crippen LogP contribution in [0, 0.1) is 6.92 Å². The summed E-state index contributed by atoms with van der Waals surface area (Å²) in [5.41, 5.74) is 2.73. The molecule has 19 heavy (non-hydrogen) atoms. The topological polar surface area (TPSA) is 12.0 Å². The predicted molar refractivity (Wildman–Crippen MR) is 88.7 cm³/mol. The molecule has 1 aromatic carbocycles. The maximum absolute atomic E-state index is 3.59. The van der Waals surface area contributed by atoms with E-state index in [9.17, 15) is 0 Å². The molecule has 0 heterocycles. The van der Waals surface area contributed by atoms with Crippen molar-refractivity contribution in [3.63, 3.8) is 0 Å². The molecule has 108 valence electrons. The lowest BCUT2D eigenvalue weighted by atomic mass is 9.98. The summed E-state index contributed by atoms with van der Waals surface area (Å²) in [4.78, 5) is 0. The van der Waals surface area contributed by atoms with Crippen molar-refractivity contribution < 1.29 is 0 Å². The van der Waals surface area contributed by atoms with Gasteiger partial charge in [-0.25, -0.2) is 0 Å². The molecule has 0 saturated heterocycles. The number of aryl methyl sites for hydroxylation is 1. The lowest BCUT2D eigenvalue weighted by Gasteiger charge is -2.17. The van der Waals surface area contributed by atoms with Gasteiger partial charge in [0.15, 0.2) is 0 Å². The molecule has 1 nitrogen and oxygen atoms in total. The van der Waals surface area contributed by atoms with Crippen LogP contribution in [0.2, 0.25) is 0 Å². The molecule has 0 aromatic heterocycles. The monoisotopic (exact) mass is 325 g/mol. The summed E-state index contributed by atoms with van der Waals surface area (Å²) in [6.45, 7) is 4.43. The summed E-state index contributed by atoms with van der Waals surface area (Å²) in [5.74, 6) is 0. The van der Waals surface area contributed by atoms with Crippen LogP contribution in [0.3, 0.4) is 0 Å². The van der Waals surface area contributed by atoms with E-state index in [-0.39, 0.29) is 0 Å². The summed E-state index contributed by atoms with van der Waals surface area (Å²) >= 11 is 3.59. The van der Waals surface area contributed by atoms with Crippen molar-refractivity contribution in [1.82, 2.24) is 5.32 Å². The van der Waals surface area contributed by atoms with Gasteiger partial charge in [0.25, 0.3) is 0 Å². The van der Waals surface area contributed by atoms with Gasteiger partial charge in [0.2, 0.25) is 0 Å². The van der Waals surface area contributed by atoms with E-state index in [1.807, 2.05) is 0 Å². The van der Waals surface area contributed by atoms with Crippen LogP contribution < -0.4 is 5.32 Å². The molecule has 1 aromatic rings. The van der Waals surface area contributed by atoms with Crippen LogP contribution in [0.5, 0.6) is 0 Å². The van der Waals surface area contributed by atoms with Gasteiger partial charge in [0.1, 0.15) is 0 Å². The third-order valence-corrected chi connectivity index (χ3v) is 4.12. The zero-order chi connectivity index (χ0) is 14.1. The number of rotatable bonds is 9. The van der Waals surface area contributed by atoms with Crippen LogP contribution in [0.25, 0.3) is 0 Å². The molecule has 0 fully saturated rings. The highest BCUT2D eigenvalue weighted by molar-refractivity contribution is 9.10. The molecule has 1 atom stereocenters. The number of nitrogens with one attached hydrogen (secondary N) is 1. The minimum absolute atomic E-state index is 0.488. The van der Waals surface area contributed by atoms with E-state index in [1.165, 1.54) is 60.5 Å². The van der Waals surface area contributed by atoms with Gasteiger partial charge in [-0.05, 0) is 43.7 Å². The van der Waals surface area contributed by atoms with Crippen LogP contribution >= 0.6 is 15.9 Å². The Morgan fingerprint density at radius 1 is 1.05 bits per heavy atom.